The molecule has 0 aliphatic rings. The molecule has 0 aliphatic carbocycles. The van der Waals surface area contributed by atoms with Crippen LogP contribution in [0.4, 0.5) is 0 Å². The highest BCUT2D eigenvalue weighted by Crippen LogP contribution is 2.09. The van der Waals surface area contributed by atoms with Gasteiger partial charge in [-0.3, -0.25) is 9.63 Å². The lowest BCUT2D eigenvalue weighted by Crippen LogP contribution is -2.33. The predicted molar refractivity (Wildman–Crippen MR) is 67.5 cm³/mol. The molecule has 1 heterocycles. The molecule has 1 N–H and O–H groups in total. The van der Waals surface area contributed by atoms with Gasteiger partial charge in [-0.25, -0.2) is 10.2 Å². The molecule has 2 rings (SSSR count). The van der Waals surface area contributed by atoms with E-state index >= 15 is 0 Å². The van der Waals surface area contributed by atoms with Crippen molar-refractivity contribution in [1.29, 1.82) is 0 Å². The summed E-state index contributed by atoms with van der Waals surface area (Å²) in [4.78, 5) is 17.0. The van der Waals surface area contributed by atoms with Crippen LogP contribution in [-0.4, -0.2) is 31.7 Å². The lowest BCUT2D eigenvalue weighted by molar-refractivity contribution is -0.0589. The highest BCUT2D eigenvalue weighted by atomic mass is 16.7. The summed E-state index contributed by atoms with van der Waals surface area (Å²) in [6, 6.07) is 6.86. The van der Waals surface area contributed by atoms with Crippen LogP contribution in [0.3, 0.4) is 0 Å². The summed E-state index contributed by atoms with van der Waals surface area (Å²) in [7, 11) is 0. The lowest BCUT2D eigenvalue weighted by Gasteiger charge is -2.18. The van der Waals surface area contributed by atoms with Crippen molar-refractivity contribution >= 4 is 5.91 Å². The maximum Gasteiger partial charge on any atom is 0.274 e. The van der Waals surface area contributed by atoms with Crippen molar-refractivity contribution < 1.29 is 9.63 Å². The van der Waals surface area contributed by atoms with Gasteiger partial charge in [-0.1, -0.05) is 0 Å². The predicted octanol–water partition coefficient (Wildman–Crippen LogP) is 1.12. The molecule has 1 aromatic heterocycles. The third-order valence-corrected chi connectivity index (χ3v) is 2.19. The van der Waals surface area contributed by atoms with E-state index in [9.17, 15) is 4.79 Å². The van der Waals surface area contributed by atoms with E-state index in [1.165, 1.54) is 11.0 Å². The van der Waals surface area contributed by atoms with Crippen LogP contribution in [0.2, 0.25) is 0 Å². The number of hydroxylamine groups is 1. The molecule has 7 heteroatoms. The number of tetrazole rings is 1. The summed E-state index contributed by atoms with van der Waals surface area (Å²) in [5.74, 6) is -0.293. The fourth-order valence-electron chi connectivity index (χ4n) is 1.30. The minimum absolute atomic E-state index is 0.293. The highest BCUT2D eigenvalue weighted by molar-refractivity contribution is 5.93. The first-order valence-electron chi connectivity index (χ1n) is 5.77. The van der Waals surface area contributed by atoms with Gasteiger partial charge >= 0.3 is 0 Å². The normalized spacial score (nSPS) is 11.3. The van der Waals surface area contributed by atoms with E-state index < -0.39 is 5.60 Å². The first-order valence-corrected chi connectivity index (χ1v) is 5.77. The molecule has 100 valence electrons. The number of rotatable bonds is 3. The average Bonchev–Trinajstić information content (AvgIpc) is 2.89. The molecular formula is C12H15N5O2. The number of carbonyl (C=O) groups excluding carboxylic acids is 1. The van der Waals surface area contributed by atoms with Gasteiger partial charge < -0.3 is 0 Å². The summed E-state index contributed by atoms with van der Waals surface area (Å²) in [5.41, 5.74) is 3.26. The van der Waals surface area contributed by atoms with E-state index in [0.29, 0.717) is 5.56 Å². The van der Waals surface area contributed by atoms with Gasteiger partial charge in [0.15, 0.2) is 0 Å². The number of carbonyl (C=O) groups is 1. The third-order valence-electron chi connectivity index (χ3n) is 2.19. The molecule has 2 aromatic rings. The Hall–Kier alpha value is -2.28. The standard InChI is InChI=1S/C12H15N5O2/c1-12(2,3)19-14-11(18)9-4-6-10(7-5-9)17-8-13-15-16-17/h4-8H,1-3H3,(H,14,18). The summed E-state index contributed by atoms with van der Waals surface area (Å²) in [5, 5.41) is 10.9. The van der Waals surface area contributed by atoms with Crippen molar-refractivity contribution in [3.05, 3.63) is 36.2 Å². The van der Waals surface area contributed by atoms with Crippen LogP contribution in [0.1, 0.15) is 31.1 Å². The molecule has 0 saturated heterocycles. The van der Waals surface area contributed by atoms with Crippen LogP contribution in [0.5, 0.6) is 0 Å². The minimum Gasteiger partial charge on any atom is -0.268 e. The Morgan fingerprint density at radius 3 is 2.47 bits per heavy atom. The van der Waals surface area contributed by atoms with Crippen molar-refractivity contribution in [1.82, 2.24) is 25.7 Å². The molecule has 0 saturated carbocycles. The Morgan fingerprint density at radius 2 is 1.95 bits per heavy atom. The number of hydrogen-bond donors (Lipinski definition) is 1. The molecule has 19 heavy (non-hydrogen) atoms. The molecule has 0 unspecified atom stereocenters. The lowest BCUT2D eigenvalue weighted by atomic mass is 10.2. The van der Waals surface area contributed by atoms with Crippen molar-refractivity contribution in [2.24, 2.45) is 0 Å². The molecule has 0 fully saturated rings. The van der Waals surface area contributed by atoms with Crippen LogP contribution < -0.4 is 5.48 Å². The zero-order valence-electron chi connectivity index (χ0n) is 11.0. The van der Waals surface area contributed by atoms with Crippen LogP contribution in [0, 0.1) is 0 Å². The highest BCUT2D eigenvalue weighted by Gasteiger charge is 2.13. The van der Waals surface area contributed by atoms with Gasteiger partial charge in [0.1, 0.15) is 6.33 Å². The van der Waals surface area contributed by atoms with Gasteiger partial charge in [0.2, 0.25) is 0 Å². The Labute approximate surface area is 110 Å². The number of benzene rings is 1. The van der Waals surface area contributed by atoms with Gasteiger partial charge in [-0.15, -0.1) is 5.10 Å². The van der Waals surface area contributed by atoms with Gasteiger partial charge in [-0.05, 0) is 55.5 Å². The van der Waals surface area contributed by atoms with Gasteiger partial charge in [0, 0.05) is 5.56 Å². The van der Waals surface area contributed by atoms with E-state index in [1.807, 2.05) is 20.8 Å². The summed E-state index contributed by atoms with van der Waals surface area (Å²) >= 11 is 0. The molecule has 1 amide bonds. The van der Waals surface area contributed by atoms with Crippen molar-refractivity contribution in [2.45, 2.75) is 26.4 Å². The SMILES string of the molecule is CC(C)(C)ONC(=O)c1ccc(-n2cnnn2)cc1. The van der Waals surface area contributed by atoms with E-state index in [4.69, 9.17) is 4.84 Å². The molecule has 0 bridgehead atoms. The number of amides is 1. The Morgan fingerprint density at radius 1 is 1.26 bits per heavy atom. The van der Waals surface area contributed by atoms with Crippen molar-refractivity contribution in [3.8, 4) is 5.69 Å². The average molecular weight is 261 g/mol. The first-order chi connectivity index (χ1) is 8.96. The molecule has 0 spiro atoms. The van der Waals surface area contributed by atoms with E-state index in [-0.39, 0.29) is 5.91 Å². The monoisotopic (exact) mass is 261 g/mol. The molecule has 0 radical (unpaired) electrons. The fraction of sp³-hybridized carbons (Fsp3) is 0.333. The van der Waals surface area contributed by atoms with Gasteiger partial charge in [0.05, 0.1) is 11.3 Å². The second kappa shape index (κ2) is 5.15. The maximum absolute atomic E-state index is 11.8. The molecule has 1 aromatic carbocycles. The quantitative estimate of drug-likeness (QED) is 0.837. The molecule has 7 nitrogen and oxygen atoms in total. The van der Waals surface area contributed by atoms with Gasteiger partial charge in [-0.2, -0.15) is 0 Å². The van der Waals surface area contributed by atoms with Crippen molar-refractivity contribution in [2.75, 3.05) is 0 Å². The number of nitrogens with zero attached hydrogens (tertiary/aromatic N) is 4. The number of hydrogen-bond acceptors (Lipinski definition) is 5. The third kappa shape index (κ3) is 3.59. The van der Waals surface area contributed by atoms with Crippen molar-refractivity contribution in [3.63, 3.8) is 0 Å². The summed E-state index contributed by atoms with van der Waals surface area (Å²) in [6.07, 6.45) is 1.48. The van der Waals surface area contributed by atoms with Crippen LogP contribution in [-0.2, 0) is 4.84 Å². The number of aromatic nitrogens is 4. The topological polar surface area (TPSA) is 81.9 Å². The zero-order chi connectivity index (χ0) is 13.9. The maximum atomic E-state index is 11.8. The van der Waals surface area contributed by atoms with E-state index in [0.717, 1.165) is 5.69 Å². The number of nitrogens with one attached hydrogen (secondary N) is 1. The Kier molecular flexibility index (Phi) is 3.57. The van der Waals surface area contributed by atoms with E-state index in [2.05, 4.69) is 21.0 Å². The smallest absolute Gasteiger partial charge is 0.268 e. The van der Waals surface area contributed by atoms with Crippen LogP contribution >= 0.6 is 0 Å². The fourth-order valence-corrected chi connectivity index (χ4v) is 1.30. The van der Waals surface area contributed by atoms with Gasteiger partial charge in [0.25, 0.3) is 5.91 Å². The molecular weight excluding hydrogens is 246 g/mol. The first kappa shape index (κ1) is 13.2. The zero-order valence-corrected chi connectivity index (χ0v) is 11.0. The van der Waals surface area contributed by atoms with E-state index in [1.54, 1.807) is 24.3 Å². The molecule has 0 aliphatic heterocycles. The second-order valence-corrected chi connectivity index (χ2v) is 4.95. The minimum atomic E-state index is -0.429. The summed E-state index contributed by atoms with van der Waals surface area (Å²) in [6.45, 7) is 5.57. The Bertz CT molecular complexity index is 542. The molecule has 0 atom stereocenters. The second-order valence-electron chi connectivity index (χ2n) is 4.95. The van der Waals surface area contributed by atoms with Crippen LogP contribution in [0.25, 0.3) is 5.69 Å². The Balaban J connectivity index is 2.04. The van der Waals surface area contributed by atoms with Crippen LogP contribution in [0.15, 0.2) is 30.6 Å². The summed E-state index contributed by atoms with van der Waals surface area (Å²) < 4.78 is 1.51. The largest absolute Gasteiger partial charge is 0.274 e.